The number of nitrogens with zero attached hydrogens (tertiary/aromatic N) is 1. The van der Waals surface area contributed by atoms with Crippen LogP contribution in [0.4, 0.5) is 0 Å². The summed E-state index contributed by atoms with van der Waals surface area (Å²) in [5.74, 6) is 0.934. The molecule has 0 amide bonds. The van der Waals surface area contributed by atoms with Crippen LogP contribution in [-0.4, -0.2) is 9.41 Å². The van der Waals surface area contributed by atoms with E-state index >= 15 is 0 Å². The molecule has 0 N–H and O–H groups in total. The maximum Gasteiger partial charge on any atom is 0.141 e. The predicted molar refractivity (Wildman–Crippen MR) is 92.9 cm³/mol. The highest BCUT2D eigenvalue weighted by atomic mass is 127. The third-order valence-corrected chi connectivity index (χ3v) is 4.66. The Hall–Kier alpha value is -1.14. The van der Waals surface area contributed by atoms with E-state index in [9.17, 15) is 0 Å². The van der Waals surface area contributed by atoms with E-state index in [-0.39, 0.29) is 6.10 Å². The Morgan fingerprint density at radius 3 is 2.80 bits per heavy atom. The lowest BCUT2D eigenvalue weighted by atomic mass is 10.1. The number of ether oxygens (including phenoxy) is 1. The lowest BCUT2D eigenvalue weighted by Gasteiger charge is -2.19. The Morgan fingerprint density at radius 1 is 1.15 bits per heavy atom. The third-order valence-electron chi connectivity index (χ3n) is 3.12. The van der Waals surface area contributed by atoms with Crippen LogP contribution in [0.3, 0.4) is 0 Å². The lowest BCUT2D eigenvalue weighted by molar-refractivity contribution is 0.206. The highest BCUT2D eigenvalue weighted by molar-refractivity contribution is 14.1. The van der Waals surface area contributed by atoms with Gasteiger partial charge in [-0.15, -0.1) is 11.3 Å². The summed E-state index contributed by atoms with van der Waals surface area (Å²) in [5.41, 5.74) is 2.24. The number of thiophene rings is 1. The van der Waals surface area contributed by atoms with Gasteiger partial charge in [0.1, 0.15) is 11.9 Å². The van der Waals surface area contributed by atoms with Crippen LogP contribution in [-0.2, 0) is 0 Å². The maximum absolute atomic E-state index is 6.28. The summed E-state index contributed by atoms with van der Waals surface area (Å²) in [6, 6.07) is 14.4. The average molecular weight is 395 g/mol. The van der Waals surface area contributed by atoms with E-state index in [1.165, 1.54) is 5.56 Å². The molecule has 1 atom stereocenters. The van der Waals surface area contributed by atoms with Crippen molar-refractivity contribution < 1.29 is 4.74 Å². The van der Waals surface area contributed by atoms with Gasteiger partial charge in [0.15, 0.2) is 0 Å². The van der Waals surface area contributed by atoms with Crippen LogP contribution in [0.2, 0.25) is 0 Å². The fourth-order valence-electron chi connectivity index (χ4n) is 2.16. The molecule has 0 bridgehead atoms. The number of benzene rings is 1. The Kier molecular flexibility index (Phi) is 4.52. The first-order valence-electron chi connectivity index (χ1n) is 6.48. The van der Waals surface area contributed by atoms with Gasteiger partial charge in [0.05, 0.1) is 10.2 Å². The summed E-state index contributed by atoms with van der Waals surface area (Å²) in [7, 11) is 0. The van der Waals surface area contributed by atoms with Gasteiger partial charge in [0.2, 0.25) is 0 Å². The Bertz CT molecular complexity index is 683. The number of aromatic nitrogens is 1. The molecule has 2 nitrogen and oxygen atoms in total. The van der Waals surface area contributed by atoms with Crippen LogP contribution in [0.15, 0.2) is 54.0 Å². The van der Waals surface area contributed by atoms with Gasteiger partial charge in [-0.1, -0.05) is 52.9 Å². The molecule has 0 aliphatic rings. The Balaban J connectivity index is 1.92. The fourth-order valence-corrected chi connectivity index (χ4v) is 3.53. The Morgan fingerprint density at radius 2 is 2.00 bits per heavy atom. The number of halogens is 1. The lowest BCUT2D eigenvalue weighted by Crippen LogP contribution is -2.08. The van der Waals surface area contributed by atoms with Gasteiger partial charge in [-0.3, -0.25) is 4.98 Å². The zero-order chi connectivity index (χ0) is 13.8. The van der Waals surface area contributed by atoms with Crippen molar-refractivity contribution in [3.63, 3.8) is 0 Å². The van der Waals surface area contributed by atoms with Crippen molar-refractivity contribution in [1.82, 2.24) is 4.98 Å². The first-order valence-corrected chi connectivity index (χ1v) is 8.89. The van der Waals surface area contributed by atoms with Crippen molar-refractivity contribution in [3.8, 4) is 5.75 Å². The van der Waals surface area contributed by atoms with Crippen molar-refractivity contribution in [2.24, 2.45) is 0 Å². The minimum Gasteiger partial charge on any atom is -0.484 e. The molecule has 1 unspecified atom stereocenters. The normalized spacial score (nSPS) is 12.4. The zero-order valence-corrected chi connectivity index (χ0v) is 13.8. The van der Waals surface area contributed by atoms with Gasteiger partial charge in [-0.05, 0) is 23.4 Å². The molecule has 102 valence electrons. The topological polar surface area (TPSA) is 22.1 Å². The molecule has 0 aliphatic heterocycles. The van der Waals surface area contributed by atoms with Crippen LogP contribution in [0.1, 0.15) is 18.1 Å². The highest BCUT2D eigenvalue weighted by Crippen LogP contribution is 2.33. The first kappa shape index (κ1) is 13.8. The number of hydrogen-bond donors (Lipinski definition) is 0. The molecule has 3 rings (SSSR count). The van der Waals surface area contributed by atoms with E-state index in [2.05, 4.69) is 57.2 Å². The standard InChI is InChI=1S/C16H14INOS/c17-9-6-14(12-4-2-1-3-5-12)19-15-7-10-18-13-8-11-20-16(13)15/h1-5,7-8,10-11,14H,6,9H2. The van der Waals surface area contributed by atoms with Crippen LogP contribution in [0, 0.1) is 0 Å². The largest absolute Gasteiger partial charge is 0.484 e. The molecule has 0 saturated heterocycles. The van der Waals surface area contributed by atoms with Gasteiger partial charge >= 0.3 is 0 Å². The number of hydrogen-bond acceptors (Lipinski definition) is 3. The third kappa shape index (κ3) is 2.96. The number of fused-ring (bicyclic) bond motifs is 1. The molecule has 2 heterocycles. The molecule has 2 aromatic heterocycles. The second-order valence-corrected chi connectivity index (χ2v) is 6.43. The molecule has 0 spiro atoms. The molecule has 20 heavy (non-hydrogen) atoms. The van der Waals surface area contributed by atoms with E-state index in [0.717, 1.165) is 26.8 Å². The molecule has 4 heteroatoms. The van der Waals surface area contributed by atoms with E-state index < -0.39 is 0 Å². The summed E-state index contributed by atoms with van der Waals surface area (Å²) >= 11 is 4.08. The fraction of sp³-hybridized carbons (Fsp3) is 0.188. The summed E-state index contributed by atoms with van der Waals surface area (Å²) < 4.78 is 8.47. The average Bonchev–Trinajstić information content (AvgIpc) is 2.97. The van der Waals surface area contributed by atoms with Crippen LogP contribution in [0.5, 0.6) is 5.75 Å². The predicted octanol–water partition coefficient (Wildman–Crippen LogP) is 5.24. The molecule has 0 radical (unpaired) electrons. The van der Waals surface area contributed by atoms with Crippen molar-refractivity contribution in [2.45, 2.75) is 12.5 Å². The number of rotatable bonds is 5. The van der Waals surface area contributed by atoms with E-state index in [4.69, 9.17) is 4.74 Å². The van der Waals surface area contributed by atoms with Crippen molar-refractivity contribution in [3.05, 3.63) is 59.6 Å². The highest BCUT2D eigenvalue weighted by Gasteiger charge is 2.14. The molecule has 3 aromatic rings. The summed E-state index contributed by atoms with van der Waals surface area (Å²) in [6.07, 6.45) is 2.91. The van der Waals surface area contributed by atoms with E-state index in [1.807, 2.05) is 24.4 Å². The van der Waals surface area contributed by atoms with Crippen molar-refractivity contribution in [1.29, 1.82) is 0 Å². The summed E-state index contributed by atoms with van der Waals surface area (Å²) in [4.78, 5) is 4.36. The second-order valence-electron chi connectivity index (χ2n) is 4.44. The molecular weight excluding hydrogens is 381 g/mol. The van der Waals surface area contributed by atoms with Gasteiger partial charge < -0.3 is 4.74 Å². The number of pyridine rings is 1. The zero-order valence-electron chi connectivity index (χ0n) is 10.8. The van der Waals surface area contributed by atoms with E-state index in [1.54, 1.807) is 11.3 Å². The van der Waals surface area contributed by atoms with Gasteiger partial charge in [-0.25, -0.2) is 0 Å². The van der Waals surface area contributed by atoms with Crippen molar-refractivity contribution >= 4 is 44.1 Å². The quantitative estimate of drug-likeness (QED) is 0.435. The molecule has 0 aliphatic carbocycles. The van der Waals surface area contributed by atoms with Gasteiger partial charge in [-0.2, -0.15) is 0 Å². The monoisotopic (exact) mass is 395 g/mol. The van der Waals surface area contributed by atoms with Gasteiger partial charge in [0.25, 0.3) is 0 Å². The summed E-state index contributed by atoms with van der Waals surface area (Å²) in [5, 5.41) is 2.06. The SMILES string of the molecule is ICCC(Oc1ccnc2ccsc12)c1ccccc1. The maximum atomic E-state index is 6.28. The minimum atomic E-state index is 0.0980. The van der Waals surface area contributed by atoms with E-state index in [0.29, 0.717) is 0 Å². The second kappa shape index (κ2) is 6.54. The van der Waals surface area contributed by atoms with Gasteiger partial charge in [0, 0.05) is 16.7 Å². The van der Waals surface area contributed by atoms with Crippen LogP contribution >= 0.6 is 33.9 Å². The first-order chi connectivity index (χ1) is 9.88. The Labute approximate surface area is 136 Å². The molecule has 0 saturated carbocycles. The minimum absolute atomic E-state index is 0.0980. The molecule has 0 fully saturated rings. The molecule has 1 aromatic carbocycles. The summed E-state index contributed by atoms with van der Waals surface area (Å²) in [6.45, 7) is 0. The van der Waals surface area contributed by atoms with Crippen molar-refractivity contribution in [2.75, 3.05) is 4.43 Å². The number of alkyl halides is 1. The van der Waals surface area contributed by atoms with Crippen LogP contribution in [0.25, 0.3) is 10.2 Å². The smallest absolute Gasteiger partial charge is 0.141 e. The van der Waals surface area contributed by atoms with Crippen LogP contribution < -0.4 is 4.74 Å². The molecular formula is C16H14INOS.